The Morgan fingerprint density at radius 3 is 2.47 bits per heavy atom. The third-order valence-corrected chi connectivity index (χ3v) is 3.79. The van der Waals surface area contributed by atoms with E-state index in [0.717, 1.165) is 5.56 Å². The summed E-state index contributed by atoms with van der Waals surface area (Å²) in [5.74, 6) is -2.18. The molecule has 0 N–H and O–H groups in total. The minimum atomic E-state index is -2.59. The Morgan fingerprint density at radius 1 is 1.32 bits per heavy atom. The minimum absolute atomic E-state index is 0.0179. The molecule has 1 saturated carbocycles. The summed E-state index contributed by atoms with van der Waals surface area (Å²) in [5.41, 5.74) is 1.46. The topological polar surface area (TPSA) is 26.3 Å². The average Bonchev–Trinajstić information content (AvgIpc) is 2.37. The van der Waals surface area contributed by atoms with Gasteiger partial charge in [-0.1, -0.05) is 0 Å². The molecule has 0 radical (unpaired) electrons. The summed E-state index contributed by atoms with van der Waals surface area (Å²) in [7, 11) is 1.57. The molecule has 2 nitrogen and oxygen atoms in total. The van der Waals surface area contributed by atoms with Crippen molar-refractivity contribution in [1.29, 1.82) is 0 Å². The monoisotopic (exact) mass is 268 g/mol. The molecule has 2 rings (SSSR count). The number of benzene rings is 1. The molecule has 0 bridgehead atoms. The third-order valence-electron chi connectivity index (χ3n) is 3.79. The molecule has 1 aliphatic rings. The van der Waals surface area contributed by atoms with E-state index in [0.29, 0.717) is 11.3 Å². The van der Waals surface area contributed by atoms with Gasteiger partial charge in [-0.15, -0.1) is 0 Å². The van der Waals surface area contributed by atoms with E-state index >= 15 is 0 Å². The number of halogens is 2. The number of aryl methyl sites for hydroxylation is 1. The molecule has 104 valence electrons. The summed E-state index contributed by atoms with van der Waals surface area (Å²) in [6.45, 7) is 1.84. The van der Waals surface area contributed by atoms with E-state index in [1.807, 2.05) is 6.92 Å². The molecule has 0 aliphatic heterocycles. The van der Waals surface area contributed by atoms with Gasteiger partial charge in [0.25, 0.3) is 0 Å². The van der Waals surface area contributed by atoms with Gasteiger partial charge in [-0.25, -0.2) is 8.78 Å². The molecule has 0 saturated heterocycles. The lowest BCUT2D eigenvalue weighted by molar-refractivity contribution is -0.0424. The third kappa shape index (κ3) is 3.11. The highest BCUT2D eigenvalue weighted by molar-refractivity contribution is 5.99. The zero-order valence-corrected chi connectivity index (χ0v) is 11.2. The van der Waals surface area contributed by atoms with E-state index in [1.54, 1.807) is 25.3 Å². The Morgan fingerprint density at radius 2 is 1.95 bits per heavy atom. The van der Waals surface area contributed by atoms with Gasteiger partial charge < -0.3 is 4.74 Å². The molecule has 19 heavy (non-hydrogen) atoms. The molecule has 1 aromatic rings. The molecule has 1 aromatic carbocycles. The van der Waals surface area contributed by atoms with Gasteiger partial charge in [0.05, 0.1) is 7.11 Å². The summed E-state index contributed by atoms with van der Waals surface area (Å²) >= 11 is 0. The van der Waals surface area contributed by atoms with Crippen LogP contribution in [0.4, 0.5) is 8.78 Å². The van der Waals surface area contributed by atoms with Crippen LogP contribution in [0.1, 0.15) is 41.6 Å². The lowest BCUT2D eigenvalue weighted by Gasteiger charge is -2.27. The first kappa shape index (κ1) is 14.0. The van der Waals surface area contributed by atoms with Gasteiger partial charge in [-0.3, -0.25) is 4.79 Å². The second-order valence-corrected chi connectivity index (χ2v) is 5.18. The maximum atomic E-state index is 13.1. The Labute approximate surface area is 111 Å². The van der Waals surface area contributed by atoms with E-state index in [-0.39, 0.29) is 37.4 Å². The van der Waals surface area contributed by atoms with Gasteiger partial charge in [0.15, 0.2) is 5.78 Å². The Bertz CT molecular complexity index is 473. The van der Waals surface area contributed by atoms with Crippen molar-refractivity contribution in [1.82, 2.24) is 0 Å². The maximum absolute atomic E-state index is 13.1. The number of rotatable bonds is 3. The van der Waals surface area contributed by atoms with Crippen molar-refractivity contribution in [3.05, 3.63) is 29.3 Å². The van der Waals surface area contributed by atoms with Crippen molar-refractivity contribution in [2.75, 3.05) is 7.11 Å². The van der Waals surface area contributed by atoms with E-state index in [2.05, 4.69) is 0 Å². The summed E-state index contributed by atoms with van der Waals surface area (Å²) in [5, 5.41) is 0. The molecule has 1 fully saturated rings. The predicted octanol–water partition coefficient (Wildman–Crippen LogP) is 4.01. The van der Waals surface area contributed by atoms with Crippen molar-refractivity contribution in [3.63, 3.8) is 0 Å². The number of hydrogen-bond acceptors (Lipinski definition) is 2. The minimum Gasteiger partial charge on any atom is -0.497 e. The van der Waals surface area contributed by atoms with Crippen LogP contribution in [-0.2, 0) is 0 Å². The van der Waals surface area contributed by atoms with Crippen molar-refractivity contribution in [3.8, 4) is 5.75 Å². The molecule has 0 heterocycles. The van der Waals surface area contributed by atoms with E-state index in [1.165, 1.54) is 0 Å². The fourth-order valence-corrected chi connectivity index (χ4v) is 2.56. The number of alkyl halides is 2. The van der Waals surface area contributed by atoms with Crippen LogP contribution >= 0.6 is 0 Å². The van der Waals surface area contributed by atoms with Crippen molar-refractivity contribution in [2.45, 2.75) is 38.5 Å². The molecule has 0 amide bonds. The SMILES string of the molecule is COc1ccc(C(=O)C2CCC(F)(F)CC2)c(C)c1. The first-order chi connectivity index (χ1) is 8.93. The summed E-state index contributed by atoms with van der Waals surface area (Å²) in [4.78, 5) is 12.3. The predicted molar refractivity (Wildman–Crippen MR) is 69.0 cm³/mol. The van der Waals surface area contributed by atoms with Crippen LogP contribution < -0.4 is 4.74 Å². The van der Waals surface area contributed by atoms with Gasteiger partial charge in [0.1, 0.15) is 5.75 Å². The van der Waals surface area contributed by atoms with Gasteiger partial charge >= 0.3 is 0 Å². The zero-order valence-electron chi connectivity index (χ0n) is 11.2. The Balaban J connectivity index is 2.12. The second kappa shape index (κ2) is 5.27. The van der Waals surface area contributed by atoms with E-state index in [4.69, 9.17) is 4.74 Å². The van der Waals surface area contributed by atoms with Crippen LogP contribution in [-0.4, -0.2) is 18.8 Å². The quantitative estimate of drug-likeness (QED) is 0.774. The summed E-state index contributed by atoms with van der Waals surface area (Å²) in [6.07, 6.45) is 0.186. The largest absolute Gasteiger partial charge is 0.497 e. The molecule has 4 heteroatoms. The van der Waals surface area contributed by atoms with Crippen molar-refractivity contribution < 1.29 is 18.3 Å². The van der Waals surface area contributed by atoms with Crippen molar-refractivity contribution in [2.24, 2.45) is 5.92 Å². The molecule has 0 aromatic heterocycles. The maximum Gasteiger partial charge on any atom is 0.248 e. The zero-order chi connectivity index (χ0) is 14.0. The number of ether oxygens (including phenoxy) is 1. The highest BCUT2D eigenvalue weighted by Crippen LogP contribution is 2.37. The van der Waals surface area contributed by atoms with Crippen LogP contribution in [0, 0.1) is 12.8 Å². The average molecular weight is 268 g/mol. The van der Waals surface area contributed by atoms with Crippen molar-refractivity contribution >= 4 is 5.78 Å². The summed E-state index contributed by atoms with van der Waals surface area (Å²) < 4.78 is 31.3. The van der Waals surface area contributed by atoms with Gasteiger partial charge in [-0.05, 0) is 43.5 Å². The standard InChI is InChI=1S/C15H18F2O2/c1-10-9-12(19-2)3-4-13(10)14(18)11-5-7-15(16,17)8-6-11/h3-4,9,11H,5-8H2,1-2H3. The smallest absolute Gasteiger partial charge is 0.248 e. The fourth-order valence-electron chi connectivity index (χ4n) is 2.56. The highest BCUT2D eigenvalue weighted by Gasteiger charge is 2.37. The summed E-state index contributed by atoms with van der Waals surface area (Å²) in [6, 6.07) is 5.26. The van der Waals surface area contributed by atoms with Crippen LogP contribution in [0.25, 0.3) is 0 Å². The number of ketones is 1. The number of Topliss-reactive ketones (excluding diaryl/α,β-unsaturated/α-hetero) is 1. The van der Waals surface area contributed by atoms with Crippen LogP contribution in [0.2, 0.25) is 0 Å². The molecule has 1 aliphatic carbocycles. The first-order valence-electron chi connectivity index (χ1n) is 6.49. The van der Waals surface area contributed by atoms with Crippen LogP contribution in [0.15, 0.2) is 18.2 Å². The van der Waals surface area contributed by atoms with Gasteiger partial charge in [0, 0.05) is 24.3 Å². The Hall–Kier alpha value is -1.45. The number of carbonyl (C=O) groups excluding carboxylic acids is 1. The fraction of sp³-hybridized carbons (Fsp3) is 0.533. The normalized spacial score (nSPS) is 19.2. The Kier molecular flexibility index (Phi) is 3.88. The lowest BCUT2D eigenvalue weighted by Crippen LogP contribution is -2.29. The number of hydrogen-bond donors (Lipinski definition) is 0. The van der Waals surface area contributed by atoms with E-state index < -0.39 is 5.92 Å². The molecular weight excluding hydrogens is 250 g/mol. The van der Waals surface area contributed by atoms with E-state index in [9.17, 15) is 13.6 Å². The molecule has 0 spiro atoms. The first-order valence-corrected chi connectivity index (χ1v) is 6.49. The highest BCUT2D eigenvalue weighted by atomic mass is 19.3. The van der Waals surface area contributed by atoms with Gasteiger partial charge in [0.2, 0.25) is 5.92 Å². The molecule has 0 unspecified atom stereocenters. The molecular formula is C15H18F2O2. The second-order valence-electron chi connectivity index (χ2n) is 5.18. The number of carbonyl (C=O) groups is 1. The van der Waals surface area contributed by atoms with Crippen LogP contribution in [0.5, 0.6) is 5.75 Å². The lowest BCUT2D eigenvalue weighted by atomic mass is 9.81. The molecule has 0 atom stereocenters. The number of methoxy groups -OCH3 is 1. The van der Waals surface area contributed by atoms with Gasteiger partial charge in [-0.2, -0.15) is 0 Å². The van der Waals surface area contributed by atoms with Crippen LogP contribution in [0.3, 0.4) is 0 Å².